The van der Waals surface area contributed by atoms with E-state index in [4.69, 9.17) is 4.74 Å². The number of halogens is 2. The van der Waals surface area contributed by atoms with Crippen molar-refractivity contribution in [3.63, 3.8) is 0 Å². The van der Waals surface area contributed by atoms with Crippen LogP contribution < -0.4 is 4.74 Å². The van der Waals surface area contributed by atoms with E-state index in [1.807, 2.05) is 18.7 Å². The molecule has 1 aromatic carbocycles. The van der Waals surface area contributed by atoms with E-state index in [2.05, 4.69) is 0 Å². The summed E-state index contributed by atoms with van der Waals surface area (Å²) in [4.78, 5) is 16.4. The van der Waals surface area contributed by atoms with E-state index in [1.54, 1.807) is 18.7 Å². The Morgan fingerprint density at radius 2 is 2.00 bits per heavy atom. The summed E-state index contributed by atoms with van der Waals surface area (Å²) < 4.78 is 43.6. The highest BCUT2D eigenvalue weighted by molar-refractivity contribution is 7.91. The monoisotopic (exact) mass is 416 g/mol. The summed E-state index contributed by atoms with van der Waals surface area (Å²) in [7, 11) is 0. The van der Waals surface area contributed by atoms with Crippen molar-refractivity contribution in [2.75, 3.05) is 19.6 Å². The molecule has 1 saturated heterocycles. The molecule has 0 aromatic heterocycles. The summed E-state index contributed by atoms with van der Waals surface area (Å²) in [6.45, 7) is 8.72. The molecule has 0 radical (unpaired) electrons. The Bertz CT molecular complexity index is 747. The van der Waals surface area contributed by atoms with E-state index < -0.39 is 34.7 Å². The number of benzene rings is 1. The minimum absolute atomic E-state index is 0.0532. The van der Waals surface area contributed by atoms with Gasteiger partial charge < -0.3 is 19.3 Å². The Hall–Kier alpha value is -1.42. The van der Waals surface area contributed by atoms with Crippen molar-refractivity contribution in [1.29, 1.82) is 0 Å². The second-order valence-corrected chi connectivity index (χ2v) is 9.43. The molecule has 3 atom stereocenters. The first kappa shape index (κ1) is 21.3. The van der Waals surface area contributed by atoms with Gasteiger partial charge in [-0.1, -0.05) is 0 Å². The standard InChI is InChI=1S/C19H26F2N2O4S/c1-11(2)22-7-8-23(15(24)10-22)16-13-9-12(28(26)18(20)21)5-6-14(13)27-19(3,4)17(16)25/h5-6,9,11,16-18,25H,7-8,10H2,1-4H3. The van der Waals surface area contributed by atoms with Crippen molar-refractivity contribution in [1.82, 2.24) is 9.80 Å². The van der Waals surface area contributed by atoms with E-state index in [0.717, 1.165) is 0 Å². The van der Waals surface area contributed by atoms with E-state index in [0.29, 0.717) is 24.4 Å². The zero-order valence-electron chi connectivity index (χ0n) is 16.4. The molecule has 0 saturated carbocycles. The number of nitrogens with zero attached hydrogens (tertiary/aromatic N) is 2. The molecular formula is C19H26F2N2O4S. The average Bonchev–Trinajstić information content (AvgIpc) is 2.62. The fraction of sp³-hybridized carbons (Fsp3) is 0.632. The van der Waals surface area contributed by atoms with Gasteiger partial charge in [-0.05, 0) is 39.8 Å². The van der Waals surface area contributed by atoms with Gasteiger partial charge in [0.15, 0.2) is 4.90 Å². The molecule has 2 aliphatic heterocycles. The molecular weight excluding hydrogens is 390 g/mol. The minimum atomic E-state index is -3.02. The van der Waals surface area contributed by atoms with Gasteiger partial charge in [0.2, 0.25) is 5.91 Å². The van der Waals surface area contributed by atoms with Crippen LogP contribution in [-0.4, -0.2) is 68.5 Å². The predicted octanol–water partition coefficient (Wildman–Crippen LogP) is 2.14. The van der Waals surface area contributed by atoms with Gasteiger partial charge in [0.1, 0.15) is 17.5 Å². The number of rotatable bonds is 4. The number of ether oxygens (including phenoxy) is 1. The Balaban J connectivity index is 2.00. The van der Waals surface area contributed by atoms with Crippen molar-refractivity contribution < 1.29 is 28.0 Å². The molecule has 28 heavy (non-hydrogen) atoms. The van der Waals surface area contributed by atoms with E-state index >= 15 is 0 Å². The van der Waals surface area contributed by atoms with Crippen LogP contribution in [0.2, 0.25) is 0 Å². The molecule has 0 bridgehead atoms. The molecule has 1 N–H and O–H groups in total. The molecule has 1 amide bonds. The number of hydrogen-bond donors (Lipinski definition) is 1. The number of aliphatic hydroxyl groups excluding tert-OH is 1. The zero-order valence-corrected chi connectivity index (χ0v) is 17.2. The van der Waals surface area contributed by atoms with Gasteiger partial charge in [-0.3, -0.25) is 9.69 Å². The van der Waals surface area contributed by atoms with E-state index in [1.165, 1.54) is 18.2 Å². The summed E-state index contributed by atoms with van der Waals surface area (Å²) in [6, 6.07) is 3.65. The normalized spacial score (nSPS) is 26.4. The van der Waals surface area contributed by atoms with Gasteiger partial charge >= 0.3 is 5.76 Å². The Kier molecular flexibility index (Phi) is 5.91. The van der Waals surface area contributed by atoms with Crippen LogP contribution in [0.15, 0.2) is 23.1 Å². The SMILES string of the molecule is CC(C)N1CCN(C2c3cc([S+]([O-])C(F)F)ccc3OC(C)(C)C2O)C(=O)C1. The van der Waals surface area contributed by atoms with Gasteiger partial charge in [0.05, 0.1) is 23.8 Å². The van der Waals surface area contributed by atoms with Crippen LogP contribution in [0.25, 0.3) is 0 Å². The lowest BCUT2D eigenvalue weighted by atomic mass is 9.85. The van der Waals surface area contributed by atoms with Crippen molar-refractivity contribution in [2.24, 2.45) is 0 Å². The molecule has 9 heteroatoms. The number of fused-ring (bicyclic) bond motifs is 1. The first-order valence-electron chi connectivity index (χ1n) is 9.26. The molecule has 1 aromatic rings. The lowest BCUT2D eigenvalue weighted by molar-refractivity contribution is -0.151. The lowest BCUT2D eigenvalue weighted by Crippen LogP contribution is -2.59. The number of carbonyl (C=O) groups is 1. The van der Waals surface area contributed by atoms with Crippen LogP contribution in [0.5, 0.6) is 5.75 Å². The topological polar surface area (TPSA) is 76.1 Å². The summed E-state index contributed by atoms with van der Waals surface area (Å²) in [5.41, 5.74) is -0.569. The zero-order chi connectivity index (χ0) is 20.8. The van der Waals surface area contributed by atoms with Crippen molar-refractivity contribution in [3.05, 3.63) is 23.8 Å². The quantitative estimate of drug-likeness (QED) is 0.761. The van der Waals surface area contributed by atoms with Crippen molar-refractivity contribution in [3.8, 4) is 5.75 Å². The van der Waals surface area contributed by atoms with Crippen LogP contribution in [0.1, 0.15) is 39.3 Å². The summed E-state index contributed by atoms with van der Waals surface area (Å²) in [5.74, 6) is -2.76. The number of amides is 1. The van der Waals surface area contributed by atoms with Crippen molar-refractivity contribution in [2.45, 2.75) is 62.1 Å². The fourth-order valence-electron chi connectivity index (χ4n) is 3.75. The molecule has 3 rings (SSSR count). The number of carbonyl (C=O) groups excluding carboxylic acids is 1. The third-order valence-electron chi connectivity index (χ3n) is 5.43. The van der Waals surface area contributed by atoms with Gasteiger partial charge in [-0.15, -0.1) is 0 Å². The van der Waals surface area contributed by atoms with Gasteiger partial charge in [-0.2, -0.15) is 8.78 Å². The number of piperazine rings is 1. The Morgan fingerprint density at radius 1 is 1.32 bits per heavy atom. The van der Waals surface area contributed by atoms with Crippen LogP contribution in [0, 0.1) is 0 Å². The smallest absolute Gasteiger partial charge is 0.402 e. The third kappa shape index (κ3) is 3.85. The second-order valence-electron chi connectivity index (χ2n) is 8.00. The highest BCUT2D eigenvalue weighted by Gasteiger charge is 2.48. The van der Waals surface area contributed by atoms with Crippen LogP contribution in [-0.2, 0) is 16.0 Å². The number of aliphatic hydroxyl groups is 1. The summed E-state index contributed by atoms with van der Waals surface area (Å²) in [5, 5.41) is 11.0. The third-order valence-corrected chi connectivity index (χ3v) is 6.47. The Labute approximate surface area is 166 Å². The van der Waals surface area contributed by atoms with Crippen molar-refractivity contribution >= 4 is 17.1 Å². The first-order valence-corrected chi connectivity index (χ1v) is 10.5. The highest BCUT2D eigenvalue weighted by atomic mass is 32.2. The minimum Gasteiger partial charge on any atom is -0.607 e. The Morgan fingerprint density at radius 3 is 2.57 bits per heavy atom. The molecule has 0 aliphatic carbocycles. The second kappa shape index (κ2) is 7.78. The first-order chi connectivity index (χ1) is 13.0. The largest absolute Gasteiger partial charge is 0.607 e. The van der Waals surface area contributed by atoms with Crippen LogP contribution >= 0.6 is 0 Å². The maximum Gasteiger partial charge on any atom is 0.402 e. The lowest BCUT2D eigenvalue weighted by Gasteiger charge is -2.48. The molecule has 1 fully saturated rings. The molecule has 6 nitrogen and oxygen atoms in total. The molecule has 2 heterocycles. The predicted molar refractivity (Wildman–Crippen MR) is 101 cm³/mol. The van der Waals surface area contributed by atoms with Gasteiger partial charge in [-0.25, -0.2) is 0 Å². The van der Waals surface area contributed by atoms with Crippen LogP contribution in [0.3, 0.4) is 0 Å². The molecule has 3 unspecified atom stereocenters. The fourth-order valence-corrected chi connectivity index (χ4v) is 4.40. The number of hydrogen-bond acceptors (Lipinski definition) is 5. The van der Waals surface area contributed by atoms with Crippen LogP contribution in [0.4, 0.5) is 8.78 Å². The highest BCUT2D eigenvalue weighted by Crippen LogP contribution is 2.44. The van der Waals surface area contributed by atoms with E-state index in [-0.39, 0.29) is 23.4 Å². The van der Waals surface area contributed by atoms with E-state index in [9.17, 15) is 23.2 Å². The molecule has 0 spiro atoms. The van der Waals surface area contributed by atoms with Gasteiger partial charge in [0.25, 0.3) is 0 Å². The molecule has 156 valence electrons. The summed E-state index contributed by atoms with van der Waals surface area (Å²) >= 11 is -2.49. The average molecular weight is 416 g/mol. The summed E-state index contributed by atoms with van der Waals surface area (Å²) in [6.07, 6.45) is -1.07. The number of alkyl halides is 2. The maximum absolute atomic E-state index is 12.9. The van der Waals surface area contributed by atoms with Gasteiger partial charge in [0, 0.05) is 30.8 Å². The maximum atomic E-state index is 12.9. The molecule has 2 aliphatic rings.